The molecule has 78 valence electrons. The third kappa shape index (κ3) is 7.48. The van der Waals surface area contributed by atoms with Gasteiger partial charge in [-0.25, -0.2) is 0 Å². The molecule has 0 unspecified atom stereocenters. The summed E-state index contributed by atoms with van der Waals surface area (Å²) in [6.45, 7) is 0. The molecule has 13 heavy (non-hydrogen) atoms. The van der Waals surface area contributed by atoms with Crippen LogP contribution in [0.1, 0.15) is 6.42 Å². The summed E-state index contributed by atoms with van der Waals surface area (Å²) in [4.78, 5) is 0. The third-order valence-electron chi connectivity index (χ3n) is 0.962. The van der Waals surface area contributed by atoms with E-state index in [4.69, 9.17) is 0 Å². The average Bonchev–Trinajstić information content (AvgIpc) is 1.79. The topological polar surface area (TPSA) is 9.23 Å². The quantitative estimate of drug-likeness (QED) is 0.500. The Balaban J connectivity index is 4.45. The largest absolute Gasteiger partial charge is 0.501 e. The van der Waals surface area contributed by atoms with E-state index in [9.17, 15) is 26.3 Å². The third-order valence-corrected chi connectivity index (χ3v) is 0.962. The van der Waals surface area contributed by atoms with E-state index in [1.54, 1.807) is 0 Å². The summed E-state index contributed by atoms with van der Waals surface area (Å²) in [5, 5.41) is 0. The monoisotopic (exact) mass is 208 g/mol. The lowest BCUT2D eigenvalue weighted by molar-refractivity contribution is -0.135. The predicted octanol–water partition coefficient (Wildman–Crippen LogP) is 3.03. The second-order valence-corrected chi connectivity index (χ2v) is 2.15. The Kier molecular flexibility index (Phi) is 3.62. The summed E-state index contributed by atoms with van der Waals surface area (Å²) in [7, 11) is 0.753. The summed E-state index contributed by atoms with van der Waals surface area (Å²) >= 11 is 0. The zero-order chi connectivity index (χ0) is 10.7. The van der Waals surface area contributed by atoms with Gasteiger partial charge in [-0.2, -0.15) is 26.3 Å². The van der Waals surface area contributed by atoms with Crippen LogP contribution in [-0.2, 0) is 4.74 Å². The standard InChI is InChI=1S/C6H6F6O/c1-13-4(2-5(7,8)9)3-6(10,11)12/h2H,3H2,1H3. The van der Waals surface area contributed by atoms with Crippen molar-refractivity contribution >= 4 is 0 Å². The van der Waals surface area contributed by atoms with Gasteiger partial charge in [-0.3, -0.25) is 0 Å². The van der Waals surface area contributed by atoms with E-state index in [1.807, 2.05) is 0 Å². The first-order valence-corrected chi connectivity index (χ1v) is 3.03. The molecule has 0 fully saturated rings. The van der Waals surface area contributed by atoms with Crippen molar-refractivity contribution in [2.24, 2.45) is 0 Å². The second-order valence-electron chi connectivity index (χ2n) is 2.15. The van der Waals surface area contributed by atoms with E-state index in [1.165, 1.54) is 0 Å². The van der Waals surface area contributed by atoms with Crippen molar-refractivity contribution in [1.82, 2.24) is 0 Å². The zero-order valence-corrected chi connectivity index (χ0v) is 6.46. The van der Waals surface area contributed by atoms with Crippen LogP contribution in [0, 0.1) is 0 Å². The minimum atomic E-state index is -4.80. The SMILES string of the molecule is COC(=CC(F)(F)F)CC(F)(F)F. The van der Waals surface area contributed by atoms with Gasteiger partial charge in [-0.15, -0.1) is 0 Å². The fourth-order valence-corrected chi connectivity index (χ4v) is 0.562. The highest BCUT2D eigenvalue weighted by molar-refractivity contribution is 4.99. The van der Waals surface area contributed by atoms with Crippen LogP contribution < -0.4 is 0 Å². The number of alkyl halides is 6. The molecule has 0 radical (unpaired) electrons. The van der Waals surface area contributed by atoms with E-state index in [2.05, 4.69) is 4.74 Å². The second kappa shape index (κ2) is 3.89. The number of methoxy groups -OCH3 is 1. The molecule has 7 heteroatoms. The molecular formula is C6H6F6O. The van der Waals surface area contributed by atoms with Gasteiger partial charge >= 0.3 is 12.4 Å². The average molecular weight is 208 g/mol. The van der Waals surface area contributed by atoms with Gasteiger partial charge in [0.2, 0.25) is 0 Å². The Hall–Kier alpha value is -0.880. The van der Waals surface area contributed by atoms with Gasteiger partial charge in [-0.1, -0.05) is 0 Å². The molecule has 0 heterocycles. The van der Waals surface area contributed by atoms with Gasteiger partial charge in [0, 0.05) is 0 Å². The van der Waals surface area contributed by atoms with Crippen molar-refractivity contribution < 1.29 is 31.1 Å². The first kappa shape index (κ1) is 12.1. The van der Waals surface area contributed by atoms with Gasteiger partial charge in [0.15, 0.2) is 0 Å². The molecule has 0 atom stereocenters. The summed E-state index contributed by atoms with van der Waals surface area (Å²) in [6, 6.07) is 0. The Morgan fingerprint density at radius 1 is 1.15 bits per heavy atom. The van der Waals surface area contributed by atoms with E-state index < -0.39 is 30.6 Å². The molecule has 0 bridgehead atoms. The van der Waals surface area contributed by atoms with Gasteiger partial charge in [0.1, 0.15) is 12.2 Å². The van der Waals surface area contributed by atoms with Crippen molar-refractivity contribution in [3.8, 4) is 0 Å². The van der Waals surface area contributed by atoms with Crippen LogP contribution in [0.5, 0.6) is 0 Å². The molecule has 0 aromatic carbocycles. The first-order valence-electron chi connectivity index (χ1n) is 3.03. The smallest absolute Gasteiger partial charge is 0.412 e. The summed E-state index contributed by atoms with van der Waals surface area (Å²) in [5.74, 6) is -1.15. The molecule has 0 aliphatic carbocycles. The lowest BCUT2D eigenvalue weighted by atomic mass is 10.3. The molecule has 0 saturated heterocycles. The van der Waals surface area contributed by atoms with E-state index >= 15 is 0 Å². The molecule has 0 aromatic rings. The zero-order valence-electron chi connectivity index (χ0n) is 6.46. The van der Waals surface area contributed by atoms with Crippen LogP contribution in [0.25, 0.3) is 0 Å². The van der Waals surface area contributed by atoms with Crippen LogP contribution in [0.2, 0.25) is 0 Å². The lowest BCUT2D eigenvalue weighted by Gasteiger charge is -2.10. The van der Waals surface area contributed by atoms with Gasteiger partial charge < -0.3 is 4.74 Å². The molecule has 0 aliphatic heterocycles. The van der Waals surface area contributed by atoms with Crippen LogP contribution >= 0.6 is 0 Å². The Morgan fingerprint density at radius 2 is 1.62 bits per heavy atom. The minimum absolute atomic E-state index is 0.513. The highest BCUT2D eigenvalue weighted by Crippen LogP contribution is 2.28. The highest BCUT2D eigenvalue weighted by Gasteiger charge is 2.33. The number of allylic oxidation sites excluding steroid dienone is 2. The number of hydrogen-bond acceptors (Lipinski definition) is 1. The highest BCUT2D eigenvalue weighted by atomic mass is 19.4. The number of rotatable bonds is 2. The molecule has 0 N–H and O–H groups in total. The van der Waals surface area contributed by atoms with Gasteiger partial charge in [0.25, 0.3) is 0 Å². The van der Waals surface area contributed by atoms with Crippen molar-refractivity contribution in [3.63, 3.8) is 0 Å². The van der Waals surface area contributed by atoms with Gasteiger partial charge in [-0.05, 0) is 0 Å². The predicted molar refractivity (Wildman–Crippen MR) is 31.8 cm³/mol. The maximum Gasteiger partial charge on any atom is 0.412 e. The van der Waals surface area contributed by atoms with Crippen molar-refractivity contribution in [3.05, 3.63) is 11.8 Å². The molecule has 0 aliphatic rings. The molecule has 0 aromatic heterocycles. The normalized spacial score (nSPS) is 14.5. The molecule has 0 rings (SSSR count). The molecule has 1 nitrogen and oxygen atoms in total. The molecule has 0 amide bonds. The fraction of sp³-hybridized carbons (Fsp3) is 0.667. The molecule has 0 saturated carbocycles. The first-order chi connectivity index (χ1) is 5.64. The minimum Gasteiger partial charge on any atom is -0.501 e. The van der Waals surface area contributed by atoms with Crippen molar-refractivity contribution in [1.29, 1.82) is 0 Å². The number of hydrogen-bond donors (Lipinski definition) is 0. The summed E-state index contributed by atoms with van der Waals surface area (Å²) in [6.07, 6.45) is -11.7. The van der Waals surface area contributed by atoms with E-state index in [-0.39, 0.29) is 0 Å². The number of ether oxygens (including phenoxy) is 1. The van der Waals surface area contributed by atoms with Crippen LogP contribution in [0.3, 0.4) is 0 Å². The van der Waals surface area contributed by atoms with Crippen LogP contribution in [0.15, 0.2) is 11.8 Å². The Morgan fingerprint density at radius 3 is 1.85 bits per heavy atom. The molecule has 0 spiro atoms. The van der Waals surface area contributed by atoms with Crippen molar-refractivity contribution in [2.45, 2.75) is 18.8 Å². The Labute approximate surface area is 70.0 Å². The Bertz CT molecular complexity index is 188. The van der Waals surface area contributed by atoms with Crippen molar-refractivity contribution in [2.75, 3.05) is 7.11 Å². The maximum absolute atomic E-state index is 11.6. The van der Waals surface area contributed by atoms with Crippen LogP contribution in [-0.4, -0.2) is 19.5 Å². The van der Waals surface area contributed by atoms with E-state index in [0.29, 0.717) is 0 Å². The summed E-state index contributed by atoms with van der Waals surface area (Å²) < 4.78 is 73.3. The number of halogens is 6. The van der Waals surface area contributed by atoms with Gasteiger partial charge in [0.05, 0.1) is 13.2 Å². The lowest BCUT2D eigenvalue weighted by Crippen LogP contribution is -2.12. The van der Waals surface area contributed by atoms with E-state index in [0.717, 1.165) is 7.11 Å². The fourth-order valence-electron chi connectivity index (χ4n) is 0.562. The van der Waals surface area contributed by atoms with Crippen LogP contribution in [0.4, 0.5) is 26.3 Å². The maximum atomic E-state index is 11.6. The summed E-state index contributed by atoms with van der Waals surface area (Å²) in [5.41, 5.74) is 0. The molecular weight excluding hydrogens is 202 g/mol.